The molecule has 16 heavy (non-hydrogen) atoms. The molecule has 0 fully saturated rings. The van der Waals surface area contributed by atoms with Gasteiger partial charge >= 0.3 is 0 Å². The summed E-state index contributed by atoms with van der Waals surface area (Å²) in [6, 6.07) is 7.28. The van der Waals surface area contributed by atoms with Crippen molar-refractivity contribution in [3.63, 3.8) is 0 Å². The lowest BCUT2D eigenvalue weighted by molar-refractivity contribution is 0.357. The Balaban J connectivity index is 2.51. The molecule has 3 heteroatoms. The van der Waals surface area contributed by atoms with Gasteiger partial charge in [-0.1, -0.05) is 48.0 Å². The summed E-state index contributed by atoms with van der Waals surface area (Å²) in [5.41, 5.74) is 1.15. The van der Waals surface area contributed by atoms with Crippen LogP contribution in [0.4, 0.5) is 4.39 Å². The molecule has 0 aliphatic heterocycles. The second-order valence-electron chi connectivity index (χ2n) is 3.62. The highest BCUT2D eigenvalue weighted by Crippen LogP contribution is 2.42. The third kappa shape index (κ3) is 1.98. The molecule has 1 aromatic rings. The van der Waals surface area contributed by atoms with Gasteiger partial charge in [0, 0.05) is 17.6 Å². The van der Waals surface area contributed by atoms with Crippen LogP contribution in [-0.2, 0) is 0 Å². The van der Waals surface area contributed by atoms with Gasteiger partial charge in [-0.05, 0) is 6.07 Å². The molecule has 1 nitrogen and oxygen atoms in total. The van der Waals surface area contributed by atoms with E-state index in [1.54, 1.807) is 31.4 Å². The van der Waals surface area contributed by atoms with Crippen molar-refractivity contribution < 1.29 is 9.13 Å². The zero-order valence-corrected chi connectivity index (χ0v) is 9.67. The van der Waals surface area contributed by atoms with Crippen LogP contribution in [0.1, 0.15) is 12.0 Å². The fourth-order valence-corrected chi connectivity index (χ4v) is 2.02. The van der Waals surface area contributed by atoms with Gasteiger partial charge in [-0.2, -0.15) is 0 Å². The average Bonchev–Trinajstić information content (AvgIpc) is 2.28. The molecule has 0 spiro atoms. The molecule has 1 unspecified atom stereocenters. The summed E-state index contributed by atoms with van der Waals surface area (Å²) >= 11 is 5.86. The van der Waals surface area contributed by atoms with Gasteiger partial charge in [-0.25, -0.2) is 4.39 Å². The van der Waals surface area contributed by atoms with E-state index in [0.717, 1.165) is 0 Å². The smallest absolute Gasteiger partial charge is 0.212 e. The third-order valence-electron chi connectivity index (χ3n) is 2.56. The number of hydrogen-bond donors (Lipinski definition) is 0. The van der Waals surface area contributed by atoms with Gasteiger partial charge < -0.3 is 4.74 Å². The van der Waals surface area contributed by atoms with Crippen LogP contribution in [0, 0.1) is 0 Å². The van der Waals surface area contributed by atoms with Gasteiger partial charge in [0.25, 0.3) is 0 Å². The number of benzene rings is 1. The minimum absolute atomic E-state index is 0.179. The fourth-order valence-electron chi connectivity index (χ4n) is 1.77. The van der Waals surface area contributed by atoms with Crippen LogP contribution in [0.2, 0.25) is 0 Å². The summed E-state index contributed by atoms with van der Waals surface area (Å²) in [4.78, 5) is 0. The maximum atomic E-state index is 14.1. The molecule has 0 heterocycles. The molecule has 0 aromatic heterocycles. The summed E-state index contributed by atoms with van der Waals surface area (Å²) in [6.45, 7) is 0. The number of alkyl halides is 2. The summed E-state index contributed by atoms with van der Waals surface area (Å²) < 4.78 is 19.3. The number of ether oxygens (including phenoxy) is 1. The summed E-state index contributed by atoms with van der Waals surface area (Å²) in [5, 5.41) is -1.84. The van der Waals surface area contributed by atoms with Gasteiger partial charge in [0.05, 0.1) is 7.11 Å². The van der Waals surface area contributed by atoms with Crippen molar-refractivity contribution in [1.29, 1.82) is 0 Å². The minimum Gasteiger partial charge on any atom is -0.496 e. The Hall–Kier alpha value is -1.28. The molecule has 0 bridgehead atoms. The lowest BCUT2D eigenvalue weighted by Gasteiger charge is -2.24. The number of allylic oxidation sites excluding steroid dienone is 4. The first kappa shape index (κ1) is 11.2. The van der Waals surface area contributed by atoms with Crippen LogP contribution in [0.25, 0.3) is 5.57 Å². The van der Waals surface area contributed by atoms with Gasteiger partial charge in [0.2, 0.25) is 5.13 Å². The van der Waals surface area contributed by atoms with Crippen molar-refractivity contribution in [2.45, 2.75) is 11.5 Å². The number of para-hydroxylation sites is 1. The van der Waals surface area contributed by atoms with Crippen LogP contribution in [0.15, 0.2) is 42.5 Å². The van der Waals surface area contributed by atoms with Crippen LogP contribution < -0.4 is 4.74 Å². The molecular formula is C13H12ClFO. The van der Waals surface area contributed by atoms with Crippen LogP contribution in [0.3, 0.4) is 0 Å². The van der Waals surface area contributed by atoms with E-state index in [-0.39, 0.29) is 6.42 Å². The quantitative estimate of drug-likeness (QED) is 0.709. The van der Waals surface area contributed by atoms with E-state index in [1.807, 2.05) is 18.2 Å². The Morgan fingerprint density at radius 1 is 1.38 bits per heavy atom. The molecule has 1 aromatic carbocycles. The fraction of sp³-hybridized carbons (Fsp3) is 0.231. The largest absolute Gasteiger partial charge is 0.496 e. The number of rotatable bonds is 2. The normalized spacial score (nSPS) is 24.1. The van der Waals surface area contributed by atoms with E-state index in [2.05, 4.69) is 0 Å². The van der Waals surface area contributed by atoms with Gasteiger partial charge in [-0.3, -0.25) is 0 Å². The number of halogens is 2. The summed E-state index contributed by atoms with van der Waals surface area (Å²) in [5.74, 6) is 0.631. The number of methoxy groups -OCH3 is 1. The maximum Gasteiger partial charge on any atom is 0.212 e. The van der Waals surface area contributed by atoms with Crippen molar-refractivity contribution in [2.75, 3.05) is 7.11 Å². The molecule has 84 valence electrons. The van der Waals surface area contributed by atoms with Crippen molar-refractivity contribution in [3.8, 4) is 5.75 Å². The van der Waals surface area contributed by atoms with Gasteiger partial charge in [0.1, 0.15) is 5.75 Å². The molecule has 0 N–H and O–H groups in total. The van der Waals surface area contributed by atoms with E-state index in [0.29, 0.717) is 16.9 Å². The molecule has 0 saturated carbocycles. The van der Waals surface area contributed by atoms with Crippen molar-refractivity contribution in [3.05, 3.63) is 48.1 Å². The maximum absolute atomic E-state index is 14.1. The lowest BCUT2D eigenvalue weighted by Crippen LogP contribution is -2.18. The second kappa shape index (κ2) is 4.30. The second-order valence-corrected chi connectivity index (χ2v) is 4.22. The molecule has 0 saturated heterocycles. The first-order valence-corrected chi connectivity index (χ1v) is 5.41. The van der Waals surface area contributed by atoms with E-state index in [4.69, 9.17) is 16.3 Å². The lowest BCUT2D eigenvalue weighted by atomic mass is 9.94. The Morgan fingerprint density at radius 3 is 2.81 bits per heavy atom. The average molecular weight is 239 g/mol. The first-order valence-electron chi connectivity index (χ1n) is 5.03. The predicted molar refractivity (Wildman–Crippen MR) is 64.4 cm³/mol. The zero-order valence-electron chi connectivity index (χ0n) is 8.91. The Bertz CT molecular complexity index is 449. The summed E-state index contributed by atoms with van der Waals surface area (Å²) in [7, 11) is 1.56. The Kier molecular flexibility index (Phi) is 3.01. The van der Waals surface area contributed by atoms with Crippen molar-refractivity contribution >= 4 is 17.2 Å². The number of hydrogen-bond acceptors (Lipinski definition) is 1. The molecule has 2 rings (SSSR count). The Labute approximate surface area is 99.2 Å². The molecule has 1 aliphatic carbocycles. The highest BCUT2D eigenvalue weighted by Gasteiger charge is 2.33. The third-order valence-corrected chi connectivity index (χ3v) is 2.92. The minimum atomic E-state index is -1.84. The first-order chi connectivity index (χ1) is 7.65. The molecule has 1 aliphatic rings. The zero-order chi connectivity index (χ0) is 11.6. The van der Waals surface area contributed by atoms with E-state index < -0.39 is 5.13 Å². The molecular weight excluding hydrogens is 227 g/mol. The van der Waals surface area contributed by atoms with Gasteiger partial charge in [0.15, 0.2) is 0 Å². The van der Waals surface area contributed by atoms with E-state index >= 15 is 0 Å². The van der Waals surface area contributed by atoms with E-state index in [9.17, 15) is 4.39 Å². The molecule has 0 radical (unpaired) electrons. The SMILES string of the molecule is COc1ccccc1C1=CC=CCC1(F)Cl. The van der Waals surface area contributed by atoms with E-state index in [1.165, 1.54) is 0 Å². The highest BCUT2D eigenvalue weighted by molar-refractivity contribution is 6.29. The monoisotopic (exact) mass is 238 g/mol. The summed E-state index contributed by atoms with van der Waals surface area (Å²) in [6.07, 6.45) is 5.39. The predicted octanol–water partition coefficient (Wildman–Crippen LogP) is 3.94. The van der Waals surface area contributed by atoms with Crippen LogP contribution >= 0.6 is 11.6 Å². The van der Waals surface area contributed by atoms with Crippen LogP contribution in [-0.4, -0.2) is 12.2 Å². The van der Waals surface area contributed by atoms with Crippen LogP contribution in [0.5, 0.6) is 5.75 Å². The van der Waals surface area contributed by atoms with Crippen molar-refractivity contribution in [1.82, 2.24) is 0 Å². The van der Waals surface area contributed by atoms with Gasteiger partial charge in [-0.15, -0.1) is 0 Å². The van der Waals surface area contributed by atoms with Crippen molar-refractivity contribution in [2.24, 2.45) is 0 Å². The molecule has 1 atom stereocenters. The topological polar surface area (TPSA) is 9.23 Å². The Morgan fingerprint density at radius 2 is 2.12 bits per heavy atom. The highest BCUT2D eigenvalue weighted by atomic mass is 35.5. The standard InChI is InChI=1S/C13H12ClFO/c1-16-12-8-3-2-6-10(12)11-7-4-5-9-13(11,14)15/h2-8H,9H2,1H3. The molecule has 0 amide bonds.